The number of carbonyl (C=O) groups is 2. The number of hydrogen-bond acceptors (Lipinski definition) is 4. The molecule has 1 N–H and O–H groups in total. The molecule has 6 heteroatoms. The Morgan fingerprint density at radius 2 is 2.14 bits per heavy atom. The Kier molecular flexibility index (Phi) is 5.14. The Hall–Kier alpha value is -2.11. The summed E-state index contributed by atoms with van der Waals surface area (Å²) >= 11 is 0. The van der Waals surface area contributed by atoms with E-state index >= 15 is 0 Å². The topological polar surface area (TPSA) is 82.3 Å². The van der Waals surface area contributed by atoms with Crippen molar-refractivity contribution in [2.45, 2.75) is 38.6 Å². The summed E-state index contributed by atoms with van der Waals surface area (Å²) in [5.74, 6) is -1.05. The molecule has 1 fully saturated rings. The first-order valence-electron chi connectivity index (χ1n) is 7.29. The average molecular weight is 292 g/mol. The summed E-state index contributed by atoms with van der Waals surface area (Å²) in [5, 5.41) is 14.4. The summed E-state index contributed by atoms with van der Waals surface area (Å²) in [6, 6.07) is 4.38. The summed E-state index contributed by atoms with van der Waals surface area (Å²) in [6.45, 7) is 2.09. The van der Waals surface area contributed by atoms with Crippen LogP contribution in [0.1, 0.15) is 43.1 Å². The Bertz CT molecular complexity index is 518. The van der Waals surface area contributed by atoms with Crippen LogP contribution in [-0.2, 0) is 9.53 Å². The summed E-state index contributed by atoms with van der Waals surface area (Å²) in [7, 11) is 0. The number of hydrogen-bond donors (Lipinski definition) is 1. The van der Waals surface area contributed by atoms with Gasteiger partial charge in [-0.25, -0.2) is 0 Å². The number of rotatable bonds is 4. The maximum absolute atomic E-state index is 12.2. The second-order valence-corrected chi connectivity index (χ2v) is 5.13. The van der Waals surface area contributed by atoms with E-state index in [2.05, 4.69) is 5.32 Å². The fraction of sp³-hybridized carbons (Fsp3) is 0.533. The third-order valence-corrected chi connectivity index (χ3v) is 3.73. The third kappa shape index (κ3) is 3.71. The maximum atomic E-state index is 12.2. The van der Waals surface area contributed by atoms with Crippen LogP contribution in [0, 0.1) is 11.1 Å². The van der Waals surface area contributed by atoms with E-state index in [1.165, 1.54) is 12.3 Å². The van der Waals surface area contributed by atoms with E-state index in [9.17, 15) is 14.8 Å². The minimum absolute atomic E-state index is 0.0330. The highest BCUT2D eigenvalue weighted by molar-refractivity contribution is 5.91. The maximum Gasteiger partial charge on any atom is 0.317 e. The zero-order valence-corrected chi connectivity index (χ0v) is 12.1. The molecule has 1 aliphatic carbocycles. The van der Waals surface area contributed by atoms with Gasteiger partial charge in [0.25, 0.3) is 5.69 Å². The van der Waals surface area contributed by atoms with Gasteiger partial charge in [0.1, 0.15) is 0 Å². The second-order valence-electron chi connectivity index (χ2n) is 5.13. The molecule has 6 nitrogen and oxygen atoms in total. The molecule has 0 aliphatic heterocycles. The van der Waals surface area contributed by atoms with Gasteiger partial charge < -0.3 is 15.3 Å². The first-order chi connectivity index (χ1) is 10.1. The molecule has 1 heterocycles. The molecule has 0 saturated heterocycles. The molecule has 21 heavy (non-hydrogen) atoms. The van der Waals surface area contributed by atoms with Gasteiger partial charge in [-0.3, -0.25) is 9.59 Å². The van der Waals surface area contributed by atoms with Crippen molar-refractivity contribution in [3.8, 4) is 0 Å². The molecule has 2 rings (SSSR count). The van der Waals surface area contributed by atoms with E-state index in [4.69, 9.17) is 4.74 Å². The normalized spacial score (nSPS) is 21.6. The molecular formula is C15H20N2O4. The predicted molar refractivity (Wildman–Crippen MR) is 75.2 cm³/mol. The van der Waals surface area contributed by atoms with Crippen molar-refractivity contribution >= 4 is 11.9 Å². The van der Waals surface area contributed by atoms with Crippen molar-refractivity contribution in [1.29, 1.82) is 0 Å². The number of nitrogens with one attached hydrogen (secondary N) is 1. The Labute approximate surface area is 123 Å². The van der Waals surface area contributed by atoms with Crippen LogP contribution in [0.5, 0.6) is 0 Å². The largest absolute Gasteiger partial charge is 0.618 e. The molecule has 0 bridgehead atoms. The van der Waals surface area contributed by atoms with Crippen molar-refractivity contribution in [3.05, 3.63) is 35.3 Å². The van der Waals surface area contributed by atoms with Crippen molar-refractivity contribution in [1.82, 2.24) is 5.32 Å². The lowest BCUT2D eigenvalue weighted by Crippen LogP contribution is -2.48. The third-order valence-electron chi connectivity index (χ3n) is 3.73. The van der Waals surface area contributed by atoms with E-state index in [1.54, 1.807) is 19.1 Å². The molecule has 0 spiro atoms. The molecule has 1 amide bonds. The van der Waals surface area contributed by atoms with Crippen molar-refractivity contribution in [2.75, 3.05) is 6.61 Å². The van der Waals surface area contributed by atoms with Gasteiger partial charge in [0, 0.05) is 18.2 Å². The van der Waals surface area contributed by atoms with Crippen LogP contribution < -0.4 is 10.0 Å². The lowest BCUT2D eigenvalue weighted by atomic mass is 9.84. The SMILES string of the molecule is CCOC(=O)[C@H]1CCCC[C@H]1NC(=O)c1cccc[n+]1[O-]. The minimum Gasteiger partial charge on any atom is -0.618 e. The van der Waals surface area contributed by atoms with Gasteiger partial charge in [-0.2, -0.15) is 4.73 Å². The Balaban J connectivity index is 2.07. The summed E-state index contributed by atoms with van der Waals surface area (Å²) in [4.78, 5) is 24.1. The number of aromatic nitrogens is 1. The van der Waals surface area contributed by atoms with Gasteiger partial charge in [-0.05, 0) is 25.8 Å². The average Bonchev–Trinajstić information content (AvgIpc) is 2.48. The zero-order valence-electron chi connectivity index (χ0n) is 12.1. The fourth-order valence-corrected chi connectivity index (χ4v) is 2.68. The Morgan fingerprint density at radius 3 is 2.86 bits per heavy atom. The van der Waals surface area contributed by atoms with Crippen molar-refractivity contribution < 1.29 is 19.1 Å². The zero-order chi connectivity index (χ0) is 15.2. The fourth-order valence-electron chi connectivity index (χ4n) is 2.68. The summed E-state index contributed by atoms with van der Waals surface area (Å²) in [6.07, 6.45) is 4.60. The quantitative estimate of drug-likeness (QED) is 0.513. The van der Waals surface area contributed by atoms with E-state index in [-0.39, 0.29) is 23.6 Å². The van der Waals surface area contributed by atoms with Gasteiger partial charge in [-0.15, -0.1) is 0 Å². The van der Waals surface area contributed by atoms with Gasteiger partial charge >= 0.3 is 11.9 Å². The molecule has 1 aromatic rings. The van der Waals surface area contributed by atoms with Crippen LogP contribution >= 0.6 is 0 Å². The molecule has 1 aromatic heterocycles. The number of nitrogens with zero attached hydrogens (tertiary/aromatic N) is 1. The first kappa shape index (κ1) is 15.3. The van der Waals surface area contributed by atoms with Crippen LogP contribution in [0.4, 0.5) is 0 Å². The smallest absolute Gasteiger partial charge is 0.317 e. The predicted octanol–water partition coefficient (Wildman–Crippen LogP) is 1.17. The number of carbonyl (C=O) groups excluding carboxylic acids is 2. The number of ether oxygens (including phenoxy) is 1. The lowest BCUT2D eigenvalue weighted by Gasteiger charge is -2.30. The van der Waals surface area contributed by atoms with Crippen LogP contribution in [0.15, 0.2) is 24.4 Å². The summed E-state index contributed by atoms with van der Waals surface area (Å²) < 4.78 is 5.59. The molecule has 114 valence electrons. The van der Waals surface area contributed by atoms with Crippen LogP contribution in [0.3, 0.4) is 0 Å². The minimum atomic E-state index is -0.452. The second kappa shape index (κ2) is 7.06. The Morgan fingerprint density at radius 1 is 1.38 bits per heavy atom. The van der Waals surface area contributed by atoms with E-state index in [0.29, 0.717) is 17.8 Å². The van der Waals surface area contributed by atoms with Gasteiger partial charge in [0.15, 0.2) is 6.20 Å². The van der Waals surface area contributed by atoms with Crippen molar-refractivity contribution in [3.63, 3.8) is 0 Å². The van der Waals surface area contributed by atoms with Crippen LogP contribution in [0.2, 0.25) is 0 Å². The van der Waals surface area contributed by atoms with Gasteiger partial charge in [-0.1, -0.05) is 12.8 Å². The number of esters is 1. The van der Waals surface area contributed by atoms with Crippen LogP contribution in [-0.4, -0.2) is 24.5 Å². The van der Waals surface area contributed by atoms with Gasteiger partial charge in [0.2, 0.25) is 0 Å². The van der Waals surface area contributed by atoms with E-state index in [0.717, 1.165) is 19.3 Å². The lowest BCUT2D eigenvalue weighted by molar-refractivity contribution is -0.607. The highest BCUT2D eigenvalue weighted by Gasteiger charge is 2.34. The molecule has 0 aromatic carbocycles. The first-order valence-corrected chi connectivity index (χ1v) is 7.29. The molecule has 2 atom stereocenters. The molecular weight excluding hydrogens is 272 g/mol. The molecule has 1 saturated carbocycles. The van der Waals surface area contributed by atoms with Gasteiger partial charge in [0.05, 0.1) is 12.5 Å². The van der Waals surface area contributed by atoms with Crippen LogP contribution in [0.25, 0.3) is 0 Å². The highest BCUT2D eigenvalue weighted by atomic mass is 16.5. The van der Waals surface area contributed by atoms with E-state index < -0.39 is 5.91 Å². The monoisotopic (exact) mass is 292 g/mol. The standard InChI is InChI=1S/C15H20N2O4/c1-2-21-15(19)11-7-3-4-8-12(11)16-14(18)13-9-5-6-10-17(13)20/h5-6,9-12H,2-4,7-8H2,1H3,(H,16,18)/t11-,12+/m0/s1. The van der Waals surface area contributed by atoms with Crippen molar-refractivity contribution in [2.24, 2.45) is 5.92 Å². The number of amides is 1. The number of pyridine rings is 1. The highest BCUT2D eigenvalue weighted by Crippen LogP contribution is 2.25. The molecule has 0 unspecified atom stereocenters. The summed E-state index contributed by atoms with van der Waals surface area (Å²) in [5.41, 5.74) is 0.0330. The van der Waals surface area contributed by atoms with E-state index in [1.807, 2.05) is 0 Å². The molecule has 0 radical (unpaired) electrons. The molecule has 1 aliphatic rings.